The topological polar surface area (TPSA) is 55.6 Å². The highest BCUT2D eigenvalue weighted by molar-refractivity contribution is 5.89. The smallest absolute Gasteiger partial charge is 0.414 e. The van der Waals surface area contributed by atoms with E-state index in [1.165, 1.54) is 0 Å². The summed E-state index contributed by atoms with van der Waals surface area (Å²) >= 11 is 0. The molecule has 1 aliphatic heterocycles. The number of hydrogen-bond acceptors (Lipinski definition) is 3. The Bertz CT molecular complexity index is 423. The number of ether oxygens (including phenoxy) is 1. The minimum Gasteiger partial charge on any atom is -0.449 e. The maximum Gasteiger partial charge on any atom is 0.414 e. The lowest BCUT2D eigenvalue weighted by Crippen LogP contribution is -2.46. The van der Waals surface area contributed by atoms with Crippen molar-refractivity contribution in [1.29, 1.82) is 0 Å². The number of nitrogens with zero attached hydrogens (tertiary/aromatic N) is 1. The van der Waals surface area contributed by atoms with E-state index in [9.17, 15) is 4.79 Å². The van der Waals surface area contributed by atoms with Gasteiger partial charge in [0.15, 0.2) is 0 Å². The third-order valence-electron chi connectivity index (χ3n) is 3.22. The van der Waals surface area contributed by atoms with Gasteiger partial charge in [0.05, 0.1) is 6.61 Å². The SMILES string of the molecule is Cc1cc(C)cc(N2C(=O)OCCC2CCN)c1. The summed E-state index contributed by atoms with van der Waals surface area (Å²) in [5.41, 5.74) is 8.83. The number of carbonyl (C=O) groups is 1. The molecule has 1 aliphatic rings. The lowest BCUT2D eigenvalue weighted by Gasteiger charge is -2.35. The van der Waals surface area contributed by atoms with E-state index in [2.05, 4.69) is 6.07 Å². The Morgan fingerprint density at radius 1 is 1.33 bits per heavy atom. The average Bonchev–Trinajstić information content (AvgIpc) is 2.28. The van der Waals surface area contributed by atoms with Crippen LogP contribution < -0.4 is 10.6 Å². The Hall–Kier alpha value is -1.55. The minimum absolute atomic E-state index is 0.150. The largest absolute Gasteiger partial charge is 0.449 e. The van der Waals surface area contributed by atoms with Gasteiger partial charge in [-0.15, -0.1) is 0 Å². The number of carbonyl (C=O) groups excluding carboxylic acids is 1. The molecule has 1 aromatic carbocycles. The molecule has 1 unspecified atom stereocenters. The molecule has 4 heteroatoms. The summed E-state index contributed by atoms with van der Waals surface area (Å²) in [6.45, 7) is 5.14. The molecular weight excluding hydrogens is 228 g/mol. The van der Waals surface area contributed by atoms with Crippen LogP contribution in [0.15, 0.2) is 18.2 Å². The molecule has 0 aliphatic carbocycles. The second-order valence-electron chi connectivity index (χ2n) is 4.85. The normalized spacial score (nSPS) is 19.8. The molecule has 0 aromatic heterocycles. The average molecular weight is 248 g/mol. The number of nitrogens with two attached hydrogens (primary N) is 1. The van der Waals surface area contributed by atoms with Crippen LogP contribution in [0.1, 0.15) is 24.0 Å². The zero-order chi connectivity index (χ0) is 13.1. The monoisotopic (exact) mass is 248 g/mol. The first-order chi connectivity index (χ1) is 8.61. The van der Waals surface area contributed by atoms with Crippen LogP contribution in [0.4, 0.5) is 10.5 Å². The van der Waals surface area contributed by atoms with Crippen molar-refractivity contribution in [2.45, 2.75) is 32.7 Å². The second kappa shape index (κ2) is 5.40. The predicted molar refractivity (Wildman–Crippen MR) is 71.8 cm³/mol. The standard InChI is InChI=1S/C14H20N2O2/c1-10-7-11(2)9-13(8-10)16-12(3-5-15)4-6-18-14(16)17/h7-9,12H,3-6,15H2,1-2H3. The highest BCUT2D eigenvalue weighted by Gasteiger charge is 2.30. The number of anilines is 1. The third-order valence-corrected chi connectivity index (χ3v) is 3.22. The van der Waals surface area contributed by atoms with Crippen molar-refractivity contribution in [2.75, 3.05) is 18.1 Å². The molecule has 98 valence electrons. The number of amides is 1. The molecule has 1 heterocycles. The van der Waals surface area contributed by atoms with E-state index < -0.39 is 0 Å². The van der Waals surface area contributed by atoms with Gasteiger partial charge < -0.3 is 10.5 Å². The van der Waals surface area contributed by atoms with Crippen molar-refractivity contribution >= 4 is 11.8 Å². The van der Waals surface area contributed by atoms with Crippen molar-refractivity contribution in [3.05, 3.63) is 29.3 Å². The van der Waals surface area contributed by atoms with Crippen LogP contribution in [-0.4, -0.2) is 25.3 Å². The Kier molecular flexibility index (Phi) is 3.87. The van der Waals surface area contributed by atoms with Crippen molar-refractivity contribution in [3.63, 3.8) is 0 Å². The van der Waals surface area contributed by atoms with Gasteiger partial charge in [0.1, 0.15) is 0 Å². The van der Waals surface area contributed by atoms with Gasteiger partial charge in [0.25, 0.3) is 0 Å². The lowest BCUT2D eigenvalue weighted by atomic mass is 10.0. The first-order valence-corrected chi connectivity index (χ1v) is 6.36. The van der Waals surface area contributed by atoms with Gasteiger partial charge in [-0.3, -0.25) is 4.90 Å². The van der Waals surface area contributed by atoms with Crippen LogP contribution >= 0.6 is 0 Å². The van der Waals surface area contributed by atoms with E-state index in [0.717, 1.165) is 29.7 Å². The van der Waals surface area contributed by atoms with Gasteiger partial charge in [0, 0.05) is 18.2 Å². The molecule has 18 heavy (non-hydrogen) atoms. The molecule has 1 amide bonds. The van der Waals surface area contributed by atoms with Gasteiger partial charge in [0.2, 0.25) is 0 Å². The summed E-state index contributed by atoms with van der Waals surface area (Å²) in [5.74, 6) is 0. The van der Waals surface area contributed by atoms with Gasteiger partial charge in [-0.25, -0.2) is 4.79 Å². The zero-order valence-electron chi connectivity index (χ0n) is 11.0. The molecule has 0 saturated carbocycles. The van der Waals surface area contributed by atoms with Crippen molar-refractivity contribution in [2.24, 2.45) is 5.73 Å². The quantitative estimate of drug-likeness (QED) is 0.893. The van der Waals surface area contributed by atoms with Crippen LogP contribution in [0, 0.1) is 13.8 Å². The van der Waals surface area contributed by atoms with E-state index in [1.54, 1.807) is 4.90 Å². The molecule has 0 radical (unpaired) electrons. The molecule has 0 spiro atoms. The fraction of sp³-hybridized carbons (Fsp3) is 0.500. The summed E-state index contributed by atoms with van der Waals surface area (Å²) < 4.78 is 5.15. The fourth-order valence-corrected chi connectivity index (χ4v) is 2.50. The molecule has 2 N–H and O–H groups in total. The van der Waals surface area contributed by atoms with Crippen LogP contribution in [0.25, 0.3) is 0 Å². The number of cyclic esters (lactones) is 1. The Balaban J connectivity index is 2.33. The second-order valence-corrected chi connectivity index (χ2v) is 4.85. The first-order valence-electron chi connectivity index (χ1n) is 6.36. The van der Waals surface area contributed by atoms with Gasteiger partial charge in [-0.05, 0) is 50.1 Å². The van der Waals surface area contributed by atoms with Gasteiger partial charge >= 0.3 is 6.09 Å². The highest BCUT2D eigenvalue weighted by Crippen LogP contribution is 2.26. The first kappa shape index (κ1) is 12.9. The van der Waals surface area contributed by atoms with Crippen molar-refractivity contribution < 1.29 is 9.53 Å². The predicted octanol–water partition coefficient (Wildman–Crippen LogP) is 2.37. The highest BCUT2D eigenvalue weighted by atomic mass is 16.6. The molecule has 4 nitrogen and oxygen atoms in total. The third kappa shape index (κ3) is 2.64. The maximum absolute atomic E-state index is 12.0. The van der Waals surface area contributed by atoms with Gasteiger partial charge in [-0.2, -0.15) is 0 Å². The Morgan fingerprint density at radius 2 is 2.00 bits per heavy atom. The zero-order valence-corrected chi connectivity index (χ0v) is 11.0. The summed E-state index contributed by atoms with van der Waals surface area (Å²) in [4.78, 5) is 13.7. The lowest BCUT2D eigenvalue weighted by molar-refractivity contribution is 0.128. The van der Waals surface area contributed by atoms with E-state index in [0.29, 0.717) is 13.2 Å². The number of aryl methyl sites for hydroxylation is 2. The van der Waals surface area contributed by atoms with Crippen LogP contribution in [0.3, 0.4) is 0 Å². The summed E-state index contributed by atoms with van der Waals surface area (Å²) in [6, 6.07) is 6.28. The molecule has 1 saturated heterocycles. The van der Waals surface area contributed by atoms with Crippen LogP contribution in [-0.2, 0) is 4.74 Å². The Labute approximate surface area is 108 Å². The molecule has 1 aromatic rings. The molecular formula is C14H20N2O2. The Morgan fingerprint density at radius 3 is 2.61 bits per heavy atom. The summed E-state index contributed by atoms with van der Waals surface area (Å²) in [7, 11) is 0. The maximum atomic E-state index is 12.0. The molecule has 0 bridgehead atoms. The number of rotatable bonds is 3. The number of hydrogen-bond donors (Lipinski definition) is 1. The van der Waals surface area contributed by atoms with E-state index in [4.69, 9.17) is 10.5 Å². The minimum atomic E-state index is -0.260. The van der Waals surface area contributed by atoms with E-state index in [1.807, 2.05) is 26.0 Å². The summed E-state index contributed by atoms with van der Waals surface area (Å²) in [6.07, 6.45) is 1.39. The van der Waals surface area contributed by atoms with Gasteiger partial charge in [-0.1, -0.05) is 6.07 Å². The molecule has 1 atom stereocenters. The van der Waals surface area contributed by atoms with Crippen molar-refractivity contribution in [3.8, 4) is 0 Å². The summed E-state index contributed by atoms with van der Waals surface area (Å²) in [5, 5.41) is 0. The van der Waals surface area contributed by atoms with E-state index in [-0.39, 0.29) is 12.1 Å². The molecule has 1 fully saturated rings. The van der Waals surface area contributed by atoms with Crippen LogP contribution in [0.2, 0.25) is 0 Å². The van der Waals surface area contributed by atoms with Crippen molar-refractivity contribution in [1.82, 2.24) is 0 Å². The fourth-order valence-electron chi connectivity index (χ4n) is 2.50. The van der Waals surface area contributed by atoms with E-state index >= 15 is 0 Å². The van der Waals surface area contributed by atoms with Crippen LogP contribution in [0.5, 0.6) is 0 Å². The molecule has 2 rings (SSSR count). The number of benzene rings is 1.